The van der Waals surface area contributed by atoms with E-state index in [1.54, 1.807) is 23.5 Å². The molecular formula is C22H24ClN5O2S. The largest absolute Gasteiger partial charge is 0.493 e. The van der Waals surface area contributed by atoms with Gasteiger partial charge in [0, 0.05) is 22.8 Å². The summed E-state index contributed by atoms with van der Waals surface area (Å²) in [6, 6.07) is 9.59. The van der Waals surface area contributed by atoms with Crippen molar-refractivity contribution in [3.63, 3.8) is 0 Å². The van der Waals surface area contributed by atoms with Gasteiger partial charge >= 0.3 is 0 Å². The second kappa shape index (κ2) is 9.13. The molecule has 0 fully saturated rings. The number of hydrazine groups is 1. The van der Waals surface area contributed by atoms with E-state index < -0.39 is 0 Å². The smallest absolute Gasteiger partial charge is 0.163 e. The number of rotatable bonds is 6. The Balaban J connectivity index is 1.62. The lowest BCUT2D eigenvalue weighted by Crippen LogP contribution is -2.40. The zero-order valence-electron chi connectivity index (χ0n) is 17.6. The molecule has 4 rings (SSSR count). The zero-order valence-corrected chi connectivity index (χ0v) is 19.2. The molecule has 0 radical (unpaired) electrons. The highest BCUT2D eigenvalue weighted by Gasteiger charge is 2.23. The molecule has 0 amide bonds. The Kier molecular flexibility index (Phi) is 6.31. The van der Waals surface area contributed by atoms with Crippen molar-refractivity contribution < 1.29 is 9.47 Å². The first kappa shape index (κ1) is 21.4. The molecule has 2 aromatic carbocycles. The molecule has 1 aliphatic rings. The molecule has 0 atom stereocenters. The van der Waals surface area contributed by atoms with Crippen molar-refractivity contribution in [3.05, 3.63) is 62.6 Å². The number of ether oxygens (including phenoxy) is 2. The Hall–Kier alpha value is -2.81. The van der Waals surface area contributed by atoms with Crippen LogP contribution in [0.3, 0.4) is 0 Å². The monoisotopic (exact) mass is 457 g/mol. The fourth-order valence-corrected chi connectivity index (χ4v) is 4.39. The van der Waals surface area contributed by atoms with Crippen molar-refractivity contribution in [3.8, 4) is 11.5 Å². The normalized spacial score (nSPS) is 12.6. The van der Waals surface area contributed by atoms with Crippen LogP contribution in [-0.4, -0.2) is 24.6 Å². The molecule has 9 heteroatoms. The summed E-state index contributed by atoms with van der Waals surface area (Å²) in [6.45, 7) is 4.86. The van der Waals surface area contributed by atoms with Crippen molar-refractivity contribution in [1.29, 1.82) is 0 Å². The molecule has 3 aromatic rings. The third kappa shape index (κ3) is 4.46. The maximum Gasteiger partial charge on any atom is 0.163 e. The quantitative estimate of drug-likeness (QED) is 0.410. The fourth-order valence-electron chi connectivity index (χ4n) is 3.37. The molecule has 0 spiro atoms. The van der Waals surface area contributed by atoms with E-state index in [9.17, 15) is 0 Å². The molecule has 0 bridgehead atoms. The molecular weight excluding hydrogens is 434 g/mol. The number of fused-ring (bicyclic) bond motifs is 1. The number of aryl methyl sites for hydroxylation is 2. The molecule has 1 aliphatic heterocycles. The summed E-state index contributed by atoms with van der Waals surface area (Å²) < 4.78 is 11.6. The molecule has 7 nitrogen and oxygen atoms in total. The van der Waals surface area contributed by atoms with Gasteiger partial charge in [0.05, 0.1) is 28.4 Å². The summed E-state index contributed by atoms with van der Waals surface area (Å²) >= 11 is 8.00. The summed E-state index contributed by atoms with van der Waals surface area (Å²) in [6.07, 6.45) is 2.69. The lowest BCUT2D eigenvalue weighted by Gasteiger charge is -2.27. The van der Waals surface area contributed by atoms with Crippen LogP contribution in [0.2, 0.25) is 5.02 Å². The number of benzene rings is 2. The van der Waals surface area contributed by atoms with Gasteiger partial charge in [0.15, 0.2) is 17.3 Å². The summed E-state index contributed by atoms with van der Waals surface area (Å²) in [5.74, 6) is 8.31. The van der Waals surface area contributed by atoms with Crippen LogP contribution < -0.4 is 25.6 Å². The molecule has 0 unspecified atom stereocenters. The zero-order chi connectivity index (χ0) is 22.0. The second-order valence-corrected chi connectivity index (χ2v) is 8.73. The van der Waals surface area contributed by atoms with E-state index >= 15 is 0 Å². The predicted octanol–water partition coefficient (Wildman–Crippen LogP) is 4.76. The van der Waals surface area contributed by atoms with Gasteiger partial charge in [0.1, 0.15) is 13.3 Å². The minimum Gasteiger partial charge on any atom is -0.493 e. The number of hydrogen-bond donors (Lipinski definition) is 2. The van der Waals surface area contributed by atoms with Crippen LogP contribution in [0.1, 0.15) is 27.9 Å². The van der Waals surface area contributed by atoms with E-state index in [1.165, 1.54) is 0 Å². The summed E-state index contributed by atoms with van der Waals surface area (Å²) in [5.41, 5.74) is 3.52. The molecule has 1 aromatic heterocycles. The van der Waals surface area contributed by atoms with E-state index in [1.807, 2.05) is 43.5 Å². The predicted molar refractivity (Wildman–Crippen MR) is 127 cm³/mol. The number of methoxy groups -OCH3 is 1. The van der Waals surface area contributed by atoms with Crippen LogP contribution in [0, 0.1) is 6.92 Å². The Bertz CT molecular complexity index is 1130. The van der Waals surface area contributed by atoms with Crippen LogP contribution in [0.25, 0.3) is 0 Å². The third-order valence-corrected chi connectivity index (χ3v) is 6.24. The number of hydrogen-bond acceptors (Lipinski definition) is 8. The number of aromatic nitrogens is 1. The number of thiazole rings is 1. The third-order valence-electron chi connectivity index (χ3n) is 5.01. The SMILES string of the molecule is CCc1ccc(N(N)C2=NCNc3cc(OCc4cnc(C)s4)c(OC)cc32)cc1Cl. The molecule has 0 aliphatic carbocycles. The van der Waals surface area contributed by atoms with Gasteiger partial charge in [-0.05, 0) is 37.1 Å². The maximum atomic E-state index is 6.45. The Morgan fingerprint density at radius 1 is 1.26 bits per heavy atom. The first-order valence-electron chi connectivity index (χ1n) is 9.88. The van der Waals surface area contributed by atoms with Crippen molar-refractivity contribution >= 4 is 40.1 Å². The number of anilines is 2. The molecule has 3 N–H and O–H groups in total. The summed E-state index contributed by atoms with van der Waals surface area (Å²) in [5, 5.41) is 6.52. The minimum atomic E-state index is 0.399. The van der Waals surface area contributed by atoms with Gasteiger partial charge in [-0.3, -0.25) is 5.01 Å². The molecule has 2 heterocycles. The van der Waals surface area contributed by atoms with Crippen LogP contribution in [0.4, 0.5) is 11.4 Å². The highest BCUT2D eigenvalue weighted by atomic mass is 35.5. The van der Waals surface area contributed by atoms with E-state index in [0.717, 1.165) is 38.8 Å². The number of nitrogens with two attached hydrogens (primary N) is 1. The Morgan fingerprint density at radius 2 is 2.10 bits per heavy atom. The van der Waals surface area contributed by atoms with Gasteiger partial charge < -0.3 is 14.8 Å². The fraction of sp³-hybridized carbons (Fsp3) is 0.273. The van der Waals surface area contributed by atoms with Crippen molar-refractivity contribution in [2.75, 3.05) is 24.1 Å². The summed E-state index contributed by atoms with van der Waals surface area (Å²) in [7, 11) is 1.61. The van der Waals surface area contributed by atoms with Crippen molar-refractivity contribution in [2.24, 2.45) is 10.8 Å². The minimum absolute atomic E-state index is 0.399. The number of halogens is 1. The van der Waals surface area contributed by atoms with Gasteiger partial charge in [-0.15, -0.1) is 11.3 Å². The number of aliphatic imine (C=N–C) groups is 1. The van der Waals surface area contributed by atoms with Crippen molar-refractivity contribution in [2.45, 2.75) is 26.9 Å². The van der Waals surface area contributed by atoms with Crippen LogP contribution in [0.15, 0.2) is 41.5 Å². The first-order chi connectivity index (χ1) is 15.0. The van der Waals surface area contributed by atoms with Crippen LogP contribution >= 0.6 is 22.9 Å². The van der Waals surface area contributed by atoms with Gasteiger partial charge in [0.2, 0.25) is 0 Å². The highest BCUT2D eigenvalue weighted by molar-refractivity contribution is 7.11. The number of nitrogens with one attached hydrogen (secondary N) is 1. The average Bonchev–Trinajstić information content (AvgIpc) is 3.21. The van der Waals surface area contributed by atoms with Crippen LogP contribution in [0.5, 0.6) is 11.5 Å². The standard InChI is InChI=1S/C22H24ClN5O2S/c1-4-14-5-6-15(7-18(14)23)28(24)22-17-8-20(29-3)21(9-19(17)26-12-27-22)30-11-16-10-25-13(2)31-16/h5-10,26H,4,11-12,24H2,1-3H3. The molecule has 0 saturated heterocycles. The average molecular weight is 458 g/mol. The Morgan fingerprint density at radius 3 is 2.77 bits per heavy atom. The molecule has 0 saturated carbocycles. The maximum absolute atomic E-state index is 6.45. The summed E-state index contributed by atoms with van der Waals surface area (Å²) in [4.78, 5) is 9.90. The highest BCUT2D eigenvalue weighted by Crippen LogP contribution is 2.37. The first-order valence-corrected chi connectivity index (χ1v) is 11.1. The van der Waals surface area contributed by atoms with E-state index in [4.69, 9.17) is 26.9 Å². The van der Waals surface area contributed by atoms with E-state index in [2.05, 4.69) is 22.2 Å². The number of nitrogens with zero attached hydrogens (tertiary/aromatic N) is 3. The molecule has 31 heavy (non-hydrogen) atoms. The van der Waals surface area contributed by atoms with E-state index in [-0.39, 0.29) is 0 Å². The molecule has 162 valence electrons. The van der Waals surface area contributed by atoms with Crippen molar-refractivity contribution in [1.82, 2.24) is 4.98 Å². The topological polar surface area (TPSA) is 85.0 Å². The van der Waals surface area contributed by atoms with Gasteiger partial charge in [0.25, 0.3) is 0 Å². The lowest BCUT2D eigenvalue weighted by molar-refractivity contribution is 0.287. The Labute approximate surface area is 190 Å². The lowest BCUT2D eigenvalue weighted by atomic mass is 10.1. The van der Waals surface area contributed by atoms with E-state index in [0.29, 0.717) is 35.6 Å². The van der Waals surface area contributed by atoms with Crippen LogP contribution in [-0.2, 0) is 13.0 Å². The van der Waals surface area contributed by atoms with Gasteiger partial charge in [-0.2, -0.15) is 0 Å². The van der Waals surface area contributed by atoms with Gasteiger partial charge in [-0.1, -0.05) is 24.6 Å². The number of amidine groups is 1. The van der Waals surface area contributed by atoms with Gasteiger partial charge in [-0.25, -0.2) is 15.8 Å². The second-order valence-electron chi connectivity index (χ2n) is 7.00.